The first-order valence-corrected chi connectivity index (χ1v) is 5.44. The van der Waals surface area contributed by atoms with Crippen molar-refractivity contribution in [2.45, 2.75) is 38.6 Å². The number of nitriles is 1. The zero-order chi connectivity index (χ0) is 10.1. The van der Waals surface area contributed by atoms with E-state index in [0.717, 1.165) is 19.4 Å². The van der Waals surface area contributed by atoms with Crippen LogP contribution in [0.2, 0.25) is 0 Å². The van der Waals surface area contributed by atoms with E-state index < -0.39 is 0 Å². The van der Waals surface area contributed by atoms with E-state index in [2.05, 4.69) is 6.07 Å². The highest BCUT2D eigenvalue weighted by molar-refractivity contribution is 5.80. The highest BCUT2D eigenvalue weighted by Gasteiger charge is 2.38. The molecule has 2 unspecified atom stereocenters. The van der Waals surface area contributed by atoms with Gasteiger partial charge in [0.05, 0.1) is 6.07 Å². The van der Waals surface area contributed by atoms with E-state index >= 15 is 0 Å². The summed E-state index contributed by atoms with van der Waals surface area (Å²) >= 11 is 0. The van der Waals surface area contributed by atoms with Crippen molar-refractivity contribution in [3.8, 4) is 6.07 Å². The second kappa shape index (κ2) is 3.61. The van der Waals surface area contributed by atoms with E-state index in [1.165, 1.54) is 12.8 Å². The van der Waals surface area contributed by atoms with Crippen molar-refractivity contribution in [3.05, 3.63) is 0 Å². The Morgan fingerprint density at radius 2 is 2.21 bits per heavy atom. The van der Waals surface area contributed by atoms with Gasteiger partial charge in [-0.15, -0.1) is 0 Å². The summed E-state index contributed by atoms with van der Waals surface area (Å²) in [6.45, 7) is 2.79. The number of amides is 1. The zero-order valence-electron chi connectivity index (χ0n) is 8.57. The number of hydrogen-bond acceptors (Lipinski definition) is 2. The molecule has 1 saturated heterocycles. The quantitative estimate of drug-likeness (QED) is 0.666. The smallest absolute Gasteiger partial charge is 0.226 e. The first kappa shape index (κ1) is 9.51. The van der Waals surface area contributed by atoms with Crippen LogP contribution < -0.4 is 0 Å². The van der Waals surface area contributed by atoms with Crippen molar-refractivity contribution in [1.82, 2.24) is 4.90 Å². The van der Waals surface area contributed by atoms with Gasteiger partial charge in [-0.1, -0.05) is 6.92 Å². The Morgan fingerprint density at radius 3 is 2.79 bits per heavy atom. The fourth-order valence-electron chi connectivity index (χ4n) is 2.22. The number of likely N-dealkylation sites (tertiary alicyclic amines) is 1. The standard InChI is InChI=1S/C11H16N2O/c1-8(9-4-5-9)11(14)13-6-2-3-10(13)7-12/h8-10H,2-6H2,1H3. The van der Waals surface area contributed by atoms with Crippen LogP contribution in [0.5, 0.6) is 0 Å². The van der Waals surface area contributed by atoms with Gasteiger partial charge in [0.25, 0.3) is 0 Å². The van der Waals surface area contributed by atoms with E-state index in [0.29, 0.717) is 5.92 Å². The predicted octanol–water partition coefficient (Wildman–Crippen LogP) is 1.55. The molecule has 1 heterocycles. The molecule has 1 amide bonds. The largest absolute Gasteiger partial charge is 0.326 e. The molecule has 0 aromatic heterocycles. The Morgan fingerprint density at radius 1 is 1.50 bits per heavy atom. The second-order valence-corrected chi connectivity index (χ2v) is 4.44. The van der Waals surface area contributed by atoms with Gasteiger partial charge in [0.1, 0.15) is 6.04 Å². The first-order valence-electron chi connectivity index (χ1n) is 5.44. The van der Waals surface area contributed by atoms with Crippen LogP contribution in [0.1, 0.15) is 32.6 Å². The maximum atomic E-state index is 12.0. The van der Waals surface area contributed by atoms with Crippen molar-refractivity contribution < 1.29 is 4.79 Å². The van der Waals surface area contributed by atoms with Crippen LogP contribution in [0.3, 0.4) is 0 Å². The van der Waals surface area contributed by atoms with Crippen molar-refractivity contribution in [3.63, 3.8) is 0 Å². The Hall–Kier alpha value is -1.04. The summed E-state index contributed by atoms with van der Waals surface area (Å²) in [6.07, 6.45) is 4.23. The monoisotopic (exact) mass is 192 g/mol. The lowest BCUT2D eigenvalue weighted by atomic mass is 10.0. The molecule has 0 N–H and O–H groups in total. The molecular formula is C11H16N2O. The van der Waals surface area contributed by atoms with Crippen molar-refractivity contribution >= 4 is 5.91 Å². The maximum Gasteiger partial charge on any atom is 0.226 e. The van der Waals surface area contributed by atoms with Gasteiger partial charge in [-0.05, 0) is 31.6 Å². The lowest BCUT2D eigenvalue weighted by molar-refractivity contribution is -0.135. The molecule has 0 bridgehead atoms. The molecule has 14 heavy (non-hydrogen) atoms. The van der Waals surface area contributed by atoms with Gasteiger partial charge >= 0.3 is 0 Å². The highest BCUT2D eigenvalue weighted by Crippen LogP contribution is 2.38. The molecule has 3 nitrogen and oxygen atoms in total. The molecule has 2 rings (SSSR count). The highest BCUT2D eigenvalue weighted by atomic mass is 16.2. The average Bonchev–Trinajstić information content (AvgIpc) is 2.94. The molecule has 1 aliphatic heterocycles. The molecule has 2 atom stereocenters. The van der Waals surface area contributed by atoms with Crippen LogP contribution in [0.4, 0.5) is 0 Å². The molecule has 0 aromatic carbocycles. The molecule has 0 radical (unpaired) electrons. The Labute approximate surface area is 84.7 Å². The third-order valence-corrected chi connectivity index (χ3v) is 3.40. The number of carbonyl (C=O) groups is 1. The molecule has 0 spiro atoms. The molecule has 1 saturated carbocycles. The normalized spacial score (nSPS) is 28.6. The van der Waals surface area contributed by atoms with Crippen LogP contribution in [-0.2, 0) is 4.79 Å². The lowest BCUT2D eigenvalue weighted by Gasteiger charge is -2.23. The van der Waals surface area contributed by atoms with Gasteiger partial charge in [0, 0.05) is 12.5 Å². The summed E-state index contributed by atoms with van der Waals surface area (Å²) in [5.41, 5.74) is 0. The summed E-state index contributed by atoms with van der Waals surface area (Å²) in [5, 5.41) is 8.88. The van der Waals surface area contributed by atoms with Gasteiger partial charge in [0.2, 0.25) is 5.91 Å². The molecule has 76 valence electrons. The van der Waals surface area contributed by atoms with Gasteiger partial charge in [0.15, 0.2) is 0 Å². The Kier molecular flexibility index (Phi) is 2.45. The molecule has 2 aliphatic rings. The SMILES string of the molecule is CC(C(=O)N1CCCC1C#N)C1CC1. The molecule has 3 heteroatoms. The van der Waals surface area contributed by atoms with Crippen molar-refractivity contribution in [2.24, 2.45) is 11.8 Å². The second-order valence-electron chi connectivity index (χ2n) is 4.44. The third-order valence-electron chi connectivity index (χ3n) is 3.40. The molecule has 2 fully saturated rings. The average molecular weight is 192 g/mol. The summed E-state index contributed by atoms with van der Waals surface area (Å²) in [4.78, 5) is 13.8. The number of rotatable bonds is 2. The predicted molar refractivity (Wildman–Crippen MR) is 52.2 cm³/mol. The first-order chi connectivity index (χ1) is 6.74. The van der Waals surface area contributed by atoms with Crippen molar-refractivity contribution in [2.75, 3.05) is 6.54 Å². The number of nitrogens with zero attached hydrogens (tertiary/aromatic N) is 2. The summed E-state index contributed by atoms with van der Waals surface area (Å²) in [7, 11) is 0. The maximum absolute atomic E-state index is 12.0. The van der Waals surface area contributed by atoms with E-state index in [1.807, 2.05) is 6.92 Å². The third kappa shape index (κ3) is 1.61. The minimum Gasteiger partial charge on any atom is -0.326 e. The van der Waals surface area contributed by atoms with Crippen molar-refractivity contribution in [1.29, 1.82) is 5.26 Å². The van der Waals surface area contributed by atoms with Crippen LogP contribution in [0, 0.1) is 23.2 Å². The summed E-state index contributed by atoms with van der Waals surface area (Å²) in [5.74, 6) is 0.947. The molecular weight excluding hydrogens is 176 g/mol. The Balaban J connectivity index is 1.99. The molecule has 0 aromatic rings. The van der Waals surface area contributed by atoms with Gasteiger partial charge in [-0.25, -0.2) is 0 Å². The van der Waals surface area contributed by atoms with Gasteiger partial charge < -0.3 is 4.90 Å². The minimum absolute atomic E-state index is 0.143. The zero-order valence-corrected chi connectivity index (χ0v) is 8.57. The summed E-state index contributed by atoms with van der Waals surface area (Å²) < 4.78 is 0. The number of hydrogen-bond donors (Lipinski definition) is 0. The topological polar surface area (TPSA) is 44.1 Å². The number of carbonyl (C=O) groups excluding carboxylic acids is 1. The van der Waals surface area contributed by atoms with E-state index in [9.17, 15) is 4.79 Å². The fraction of sp³-hybridized carbons (Fsp3) is 0.818. The lowest BCUT2D eigenvalue weighted by Crippen LogP contribution is -2.38. The van der Waals surface area contributed by atoms with Crippen LogP contribution in [0.15, 0.2) is 0 Å². The minimum atomic E-state index is -0.149. The van der Waals surface area contributed by atoms with E-state index in [-0.39, 0.29) is 17.9 Å². The van der Waals surface area contributed by atoms with Crippen LogP contribution in [-0.4, -0.2) is 23.4 Å². The summed E-state index contributed by atoms with van der Waals surface area (Å²) in [6, 6.07) is 2.06. The fourth-order valence-corrected chi connectivity index (χ4v) is 2.22. The van der Waals surface area contributed by atoms with E-state index in [4.69, 9.17) is 5.26 Å². The van der Waals surface area contributed by atoms with Crippen LogP contribution >= 0.6 is 0 Å². The van der Waals surface area contributed by atoms with Crippen LogP contribution in [0.25, 0.3) is 0 Å². The molecule has 1 aliphatic carbocycles. The van der Waals surface area contributed by atoms with Gasteiger partial charge in [-0.3, -0.25) is 4.79 Å². The van der Waals surface area contributed by atoms with E-state index in [1.54, 1.807) is 4.90 Å². The Bertz CT molecular complexity index is 278. The van der Waals surface area contributed by atoms with Gasteiger partial charge in [-0.2, -0.15) is 5.26 Å².